The first kappa shape index (κ1) is 20.8. The van der Waals surface area contributed by atoms with Crippen LogP contribution in [0, 0.1) is 11.8 Å². The minimum Gasteiger partial charge on any atom is -0.396 e. The molecule has 1 saturated heterocycles. The molecule has 3 heterocycles. The van der Waals surface area contributed by atoms with E-state index in [0.717, 1.165) is 11.8 Å². The summed E-state index contributed by atoms with van der Waals surface area (Å²) in [6.45, 7) is 1.75. The summed E-state index contributed by atoms with van der Waals surface area (Å²) in [4.78, 5) is 25.5. The number of rotatable bonds is 5. The minimum atomic E-state index is -3.80. The summed E-state index contributed by atoms with van der Waals surface area (Å²) in [6.07, 6.45) is 1.06. The Hall–Kier alpha value is -2.49. The molecule has 0 spiro atoms. The van der Waals surface area contributed by atoms with Gasteiger partial charge in [0, 0.05) is 36.7 Å². The van der Waals surface area contributed by atoms with Crippen LogP contribution in [0.2, 0.25) is 0 Å². The first-order chi connectivity index (χ1) is 14.2. The van der Waals surface area contributed by atoms with Crippen LogP contribution in [-0.2, 0) is 21.4 Å². The Labute approximate surface area is 175 Å². The van der Waals surface area contributed by atoms with Gasteiger partial charge in [0.1, 0.15) is 6.04 Å². The molecule has 1 fully saturated rings. The van der Waals surface area contributed by atoms with E-state index in [4.69, 9.17) is 0 Å². The van der Waals surface area contributed by atoms with Crippen LogP contribution < -0.4 is 10.9 Å². The zero-order chi connectivity index (χ0) is 21.6. The number of aliphatic hydroxyl groups excluding tert-OH is 1. The Bertz CT molecular complexity index is 1110. The lowest BCUT2D eigenvalue weighted by atomic mass is 9.88. The van der Waals surface area contributed by atoms with E-state index in [1.54, 1.807) is 12.1 Å². The summed E-state index contributed by atoms with van der Waals surface area (Å²) in [7, 11) is -3.80. The summed E-state index contributed by atoms with van der Waals surface area (Å²) < 4.78 is 28.3. The van der Waals surface area contributed by atoms with Gasteiger partial charge in [0.2, 0.25) is 15.9 Å². The third kappa shape index (κ3) is 3.36. The number of carbonyl (C=O) groups excluding carboxylic acids is 1. The predicted molar refractivity (Wildman–Crippen MR) is 111 cm³/mol. The average molecular weight is 432 g/mol. The van der Waals surface area contributed by atoms with E-state index < -0.39 is 33.9 Å². The van der Waals surface area contributed by atoms with Crippen molar-refractivity contribution < 1.29 is 18.3 Å². The highest BCUT2D eigenvalue weighted by atomic mass is 32.2. The summed E-state index contributed by atoms with van der Waals surface area (Å²) >= 11 is 0. The van der Waals surface area contributed by atoms with Gasteiger partial charge in [-0.25, -0.2) is 8.42 Å². The molecule has 160 valence electrons. The minimum absolute atomic E-state index is 0.217. The Morgan fingerprint density at radius 1 is 1.20 bits per heavy atom. The molecule has 30 heavy (non-hydrogen) atoms. The van der Waals surface area contributed by atoms with Crippen LogP contribution in [0.5, 0.6) is 0 Å². The fourth-order valence-corrected chi connectivity index (χ4v) is 6.23. The van der Waals surface area contributed by atoms with Crippen molar-refractivity contribution in [3.8, 4) is 0 Å². The van der Waals surface area contributed by atoms with Gasteiger partial charge in [-0.3, -0.25) is 9.59 Å². The van der Waals surface area contributed by atoms with Crippen molar-refractivity contribution in [2.45, 2.75) is 31.6 Å². The third-order valence-electron chi connectivity index (χ3n) is 6.21. The van der Waals surface area contributed by atoms with Crippen LogP contribution in [0.4, 0.5) is 0 Å². The number of hydrogen-bond acceptors (Lipinski definition) is 5. The zero-order valence-electron chi connectivity index (χ0n) is 16.8. The number of nitrogens with zero attached hydrogens (tertiary/aromatic N) is 2. The number of carbonyl (C=O) groups is 1. The highest BCUT2D eigenvalue weighted by Gasteiger charge is 2.58. The van der Waals surface area contributed by atoms with Crippen LogP contribution in [0.15, 0.2) is 53.3 Å². The number of amides is 1. The number of aliphatic hydroxyl groups is 1. The quantitative estimate of drug-likeness (QED) is 0.723. The molecule has 0 unspecified atom stereocenters. The van der Waals surface area contributed by atoms with Gasteiger partial charge < -0.3 is 15.0 Å². The number of aromatic nitrogens is 1. The first-order valence-electron chi connectivity index (χ1n) is 9.88. The standard InChI is InChI=1S/C21H25N3O5S/c1-13(14-7-4-3-5-8-14)22-21(27)20-16(12-25)15-11-23-17(9-6-10-18(23)26)19(15)24(20)30(2,28)29/h3-10,13,15-16,19-20,25H,11-12H2,1-2H3,(H,22,27)/t13-,15+,16+,19-,20+/m0/s1. The lowest BCUT2D eigenvalue weighted by molar-refractivity contribution is -0.126. The number of fused-ring (bicyclic) bond motifs is 3. The Kier molecular flexibility index (Phi) is 5.29. The summed E-state index contributed by atoms with van der Waals surface area (Å²) in [6, 6.07) is 12.1. The maximum atomic E-state index is 13.3. The van der Waals surface area contributed by atoms with E-state index >= 15 is 0 Å². The molecular weight excluding hydrogens is 406 g/mol. The smallest absolute Gasteiger partial charge is 0.250 e. The second-order valence-corrected chi connectivity index (χ2v) is 9.92. The van der Waals surface area contributed by atoms with Gasteiger partial charge in [-0.15, -0.1) is 0 Å². The molecule has 5 atom stereocenters. The van der Waals surface area contributed by atoms with Gasteiger partial charge in [-0.05, 0) is 18.6 Å². The maximum absolute atomic E-state index is 13.3. The maximum Gasteiger partial charge on any atom is 0.250 e. The molecular formula is C21H25N3O5S. The van der Waals surface area contributed by atoms with Gasteiger partial charge in [-0.1, -0.05) is 36.4 Å². The topological polar surface area (TPSA) is 109 Å². The normalized spacial score (nSPS) is 26.8. The largest absolute Gasteiger partial charge is 0.396 e. The molecule has 2 aromatic rings. The number of pyridine rings is 1. The van der Waals surface area contributed by atoms with Crippen molar-refractivity contribution in [1.29, 1.82) is 0 Å². The molecule has 1 aromatic carbocycles. The third-order valence-corrected chi connectivity index (χ3v) is 7.43. The SMILES string of the molecule is C[C@H](NC(=O)[C@H]1[C@H](CO)[C@H]2Cn3c(cccc3=O)[C@H]2N1S(C)(=O)=O)c1ccccc1. The Morgan fingerprint density at radius 3 is 2.53 bits per heavy atom. The summed E-state index contributed by atoms with van der Waals surface area (Å²) in [5.41, 5.74) is 1.24. The number of nitrogens with one attached hydrogen (secondary N) is 1. The van der Waals surface area contributed by atoms with Crippen LogP contribution in [0.3, 0.4) is 0 Å². The van der Waals surface area contributed by atoms with Gasteiger partial charge >= 0.3 is 0 Å². The van der Waals surface area contributed by atoms with E-state index in [2.05, 4.69) is 5.32 Å². The first-order valence-corrected chi connectivity index (χ1v) is 11.7. The van der Waals surface area contributed by atoms with Gasteiger partial charge in [0.05, 0.1) is 18.3 Å². The van der Waals surface area contributed by atoms with Crippen LogP contribution >= 0.6 is 0 Å². The highest BCUT2D eigenvalue weighted by Crippen LogP contribution is 2.50. The lowest BCUT2D eigenvalue weighted by Gasteiger charge is -2.29. The molecule has 1 amide bonds. The molecule has 8 nitrogen and oxygen atoms in total. The number of sulfonamides is 1. The van der Waals surface area contributed by atoms with E-state index in [-0.39, 0.29) is 30.7 Å². The molecule has 0 bridgehead atoms. The van der Waals surface area contributed by atoms with E-state index in [1.807, 2.05) is 37.3 Å². The lowest BCUT2D eigenvalue weighted by Crippen LogP contribution is -2.50. The summed E-state index contributed by atoms with van der Waals surface area (Å²) in [5, 5.41) is 13.0. The Morgan fingerprint density at radius 2 is 1.90 bits per heavy atom. The number of hydrogen-bond donors (Lipinski definition) is 2. The van der Waals surface area contributed by atoms with Crippen molar-refractivity contribution in [3.05, 3.63) is 70.1 Å². The van der Waals surface area contributed by atoms with Crippen molar-refractivity contribution in [1.82, 2.24) is 14.2 Å². The van der Waals surface area contributed by atoms with E-state index in [1.165, 1.54) is 14.9 Å². The fourth-order valence-electron chi connectivity index (χ4n) is 4.89. The monoisotopic (exact) mass is 431 g/mol. The van der Waals surface area contributed by atoms with E-state index in [0.29, 0.717) is 5.69 Å². The van der Waals surface area contributed by atoms with Crippen LogP contribution in [-0.4, -0.2) is 47.2 Å². The van der Waals surface area contributed by atoms with Crippen molar-refractivity contribution in [2.75, 3.05) is 12.9 Å². The van der Waals surface area contributed by atoms with Crippen molar-refractivity contribution in [2.24, 2.45) is 11.8 Å². The molecule has 4 rings (SSSR count). The highest BCUT2D eigenvalue weighted by molar-refractivity contribution is 7.88. The second-order valence-electron chi connectivity index (χ2n) is 8.03. The molecule has 0 aliphatic carbocycles. The molecule has 2 aliphatic heterocycles. The number of benzene rings is 1. The second kappa shape index (κ2) is 7.64. The predicted octanol–water partition coefficient (Wildman–Crippen LogP) is 0.649. The molecule has 9 heteroatoms. The van der Waals surface area contributed by atoms with Crippen LogP contribution in [0.1, 0.15) is 30.3 Å². The molecule has 1 aromatic heterocycles. The zero-order valence-corrected chi connectivity index (χ0v) is 17.6. The molecule has 0 radical (unpaired) electrons. The average Bonchev–Trinajstić information content (AvgIpc) is 3.23. The molecule has 0 saturated carbocycles. The van der Waals surface area contributed by atoms with Gasteiger partial charge in [-0.2, -0.15) is 4.31 Å². The van der Waals surface area contributed by atoms with Crippen molar-refractivity contribution in [3.63, 3.8) is 0 Å². The van der Waals surface area contributed by atoms with Gasteiger partial charge in [0.25, 0.3) is 5.56 Å². The van der Waals surface area contributed by atoms with Crippen molar-refractivity contribution >= 4 is 15.9 Å². The van der Waals surface area contributed by atoms with E-state index in [9.17, 15) is 23.1 Å². The van der Waals surface area contributed by atoms with Gasteiger partial charge in [0.15, 0.2) is 0 Å². The van der Waals surface area contributed by atoms with Crippen LogP contribution in [0.25, 0.3) is 0 Å². The Balaban J connectivity index is 1.72. The fraction of sp³-hybridized carbons (Fsp3) is 0.429. The molecule has 2 N–H and O–H groups in total. The summed E-state index contributed by atoms with van der Waals surface area (Å²) in [5.74, 6) is -1.43. The molecule has 2 aliphatic rings.